The van der Waals surface area contributed by atoms with Crippen LogP contribution < -0.4 is 5.32 Å². The van der Waals surface area contributed by atoms with Crippen LogP contribution in [0.3, 0.4) is 0 Å². The van der Waals surface area contributed by atoms with Crippen LogP contribution in [0.25, 0.3) is 10.9 Å². The Bertz CT molecular complexity index is 1000. The summed E-state index contributed by atoms with van der Waals surface area (Å²) >= 11 is 1.29. The number of benzene rings is 2. The van der Waals surface area contributed by atoms with Crippen LogP contribution in [0.5, 0.6) is 0 Å². The molecule has 0 radical (unpaired) electrons. The van der Waals surface area contributed by atoms with Gasteiger partial charge in [-0.05, 0) is 23.8 Å². The summed E-state index contributed by atoms with van der Waals surface area (Å²) in [6, 6.07) is 13.4. The molecule has 4 rings (SSSR count). The molecule has 0 bridgehead atoms. The number of halogens is 1. The molecule has 3 aromatic rings. The maximum Gasteiger partial charge on any atom is 0.324 e. The molecule has 1 aliphatic rings. The summed E-state index contributed by atoms with van der Waals surface area (Å²) in [6.45, 7) is 0.244. The van der Waals surface area contributed by atoms with E-state index in [9.17, 15) is 14.0 Å². The minimum absolute atomic E-state index is 0.237. The van der Waals surface area contributed by atoms with Crippen molar-refractivity contribution in [2.45, 2.75) is 17.4 Å². The number of imide groups is 1. The lowest BCUT2D eigenvalue weighted by atomic mass is 10.1. The maximum atomic E-state index is 13.7. The Morgan fingerprint density at radius 1 is 1.07 bits per heavy atom. The van der Waals surface area contributed by atoms with Crippen LogP contribution in [0.4, 0.5) is 9.18 Å². The Hall–Kier alpha value is -2.80. The fourth-order valence-electron chi connectivity index (χ4n) is 3.26. The number of amides is 3. The molecule has 0 saturated carbocycles. The highest BCUT2D eigenvalue weighted by Gasteiger charge is 2.37. The van der Waals surface area contributed by atoms with E-state index >= 15 is 0 Å². The van der Waals surface area contributed by atoms with E-state index < -0.39 is 6.04 Å². The van der Waals surface area contributed by atoms with Gasteiger partial charge in [0.05, 0.1) is 0 Å². The first-order valence-corrected chi connectivity index (χ1v) is 9.66. The van der Waals surface area contributed by atoms with Crippen molar-refractivity contribution >= 4 is 34.6 Å². The first-order chi connectivity index (χ1) is 13.1. The highest BCUT2D eigenvalue weighted by molar-refractivity contribution is 7.99. The first-order valence-electron chi connectivity index (χ1n) is 8.67. The predicted octanol–water partition coefficient (Wildman–Crippen LogP) is 3.56. The summed E-state index contributed by atoms with van der Waals surface area (Å²) in [5.74, 6) is -0.0868. The molecule has 1 atom stereocenters. The van der Waals surface area contributed by atoms with Crippen molar-refractivity contribution in [3.63, 3.8) is 0 Å². The molecule has 0 aliphatic carbocycles. The average molecular weight is 383 g/mol. The van der Waals surface area contributed by atoms with E-state index in [-0.39, 0.29) is 24.3 Å². The van der Waals surface area contributed by atoms with Crippen LogP contribution in [0.15, 0.2) is 59.6 Å². The quantitative estimate of drug-likeness (QED) is 0.505. The molecule has 1 aromatic heterocycles. The van der Waals surface area contributed by atoms with Crippen LogP contribution in [-0.2, 0) is 11.2 Å². The van der Waals surface area contributed by atoms with Crippen LogP contribution in [0.2, 0.25) is 0 Å². The molecule has 7 heteroatoms. The van der Waals surface area contributed by atoms with Crippen molar-refractivity contribution in [1.29, 1.82) is 0 Å². The van der Waals surface area contributed by atoms with Gasteiger partial charge in [-0.3, -0.25) is 9.69 Å². The van der Waals surface area contributed by atoms with E-state index in [0.717, 1.165) is 16.5 Å². The molecule has 0 unspecified atom stereocenters. The van der Waals surface area contributed by atoms with Gasteiger partial charge in [0.1, 0.15) is 11.9 Å². The molecule has 3 amide bonds. The lowest BCUT2D eigenvalue weighted by Gasteiger charge is -2.13. The highest BCUT2D eigenvalue weighted by Crippen LogP contribution is 2.23. The van der Waals surface area contributed by atoms with E-state index in [1.807, 2.05) is 30.5 Å². The van der Waals surface area contributed by atoms with Crippen LogP contribution >= 0.6 is 11.8 Å². The molecule has 5 nitrogen and oxygen atoms in total. The normalized spacial score (nSPS) is 16.9. The minimum Gasteiger partial charge on any atom is -0.361 e. The molecule has 2 N–H and O–H groups in total. The number of hydrogen-bond donors (Lipinski definition) is 2. The third-order valence-electron chi connectivity index (χ3n) is 4.62. The Morgan fingerprint density at radius 3 is 2.70 bits per heavy atom. The Labute approximate surface area is 159 Å². The summed E-state index contributed by atoms with van der Waals surface area (Å²) < 4.78 is 13.7. The summed E-state index contributed by atoms with van der Waals surface area (Å²) in [7, 11) is 0. The van der Waals surface area contributed by atoms with Crippen LogP contribution in [0, 0.1) is 5.82 Å². The summed E-state index contributed by atoms with van der Waals surface area (Å²) in [4.78, 5) is 29.7. The number of H-pyrrole nitrogens is 1. The van der Waals surface area contributed by atoms with Gasteiger partial charge in [0.25, 0.3) is 5.91 Å². The fourth-order valence-corrected chi connectivity index (χ4v) is 4.13. The van der Waals surface area contributed by atoms with Gasteiger partial charge in [-0.15, -0.1) is 11.8 Å². The van der Waals surface area contributed by atoms with Gasteiger partial charge < -0.3 is 10.3 Å². The van der Waals surface area contributed by atoms with E-state index in [1.54, 1.807) is 18.2 Å². The van der Waals surface area contributed by atoms with Gasteiger partial charge in [-0.25, -0.2) is 9.18 Å². The van der Waals surface area contributed by atoms with Crippen molar-refractivity contribution in [3.05, 3.63) is 66.1 Å². The zero-order valence-corrected chi connectivity index (χ0v) is 15.3. The zero-order valence-electron chi connectivity index (χ0n) is 14.4. The predicted molar refractivity (Wildman–Crippen MR) is 103 cm³/mol. The number of aromatic amines is 1. The van der Waals surface area contributed by atoms with Gasteiger partial charge in [0.15, 0.2) is 0 Å². The topological polar surface area (TPSA) is 65.2 Å². The monoisotopic (exact) mass is 383 g/mol. The molecule has 2 heterocycles. The Balaban J connectivity index is 1.39. The van der Waals surface area contributed by atoms with Crippen molar-refractivity contribution in [2.75, 3.05) is 12.3 Å². The van der Waals surface area contributed by atoms with Crippen LogP contribution in [-0.4, -0.2) is 40.2 Å². The highest BCUT2D eigenvalue weighted by atomic mass is 32.2. The molecule has 1 saturated heterocycles. The third-order valence-corrected chi connectivity index (χ3v) is 5.64. The fraction of sp³-hybridized carbons (Fsp3) is 0.200. The zero-order chi connectivity index (χ0) is 18.8. The first kappa shape index (κ1) is 17.6. The number of rotatable bonds is 6. The van der Waals surface area contributed by atoms with Gasteiger partial charge in [-0.2, -0.15) is 0 Å². The standard InChI is InChI=1S/C20H18FN3O2S/c21-15-6-2-4-8-18(15)27-10-9-24-19(25)17(23-20(24)26)11-13-12-22-16-7-3-1-5-14(13)16/h1-8,12,17,22H,9-11H2,(H,23,26)/t17-/m1/s1. The number of urea groups is 1. The molecule has 2 aromatic carbocycles. The second-order valence-corrected chi connectivity index (χ2v) is 7.47. The van der Waals surface area contributed by atoms with E-state index in [4.69, 9.17) is 0 Å². The second-order valence-electron chi connectivity index (χ2n) is 6.33. The average Bonchev–Trinajstić information content (AvgIpc) is 3.19. The molecule has 1 fully saturated rings. The number of carbonyl (C=O) groups is 2. The van der Waals surface area contributed by atoms with E-state index in [2.05, 4.69) is 10.3 Å². The van der Waals surface area contributed by atoms with Gasteiger partial charge in [0, 0.05) is 40.7 Å². The number of thioether (sulfide) groups is 1. The van der Waals surface area contributed by atoms with Crippen molar-refractivity contribution < 1.29 is 14.0 Å². The number of para-hydroxylation sites is 1. The number of carbonyl (C=O) groups excluding carboxylic acids is 2. The molecule has 138 valence electrons. The summed E-state index contributed by atoms with van der Waals surface area (Å²) in [5.41, 5.74) is 1.99. The molecular formula is C20H18FN3O2S. The molecular weight excluding hydrogens is 365 g/mol. The smallest absolute Gasteiger partial charge is 0.324 e. The van der Waals surface area contributed by atoms with Crippen LogP contribution in [0.1, 0.15) is 5.56 Å². The van der Waals surface area contributed by atoms with Gasteiger partial charge >= 0.3 is 6.03 Å². The van der Waals surface area contributed by atoms with Crippen molar-refractivity contribution in [1.82, 2.24) is 15.2 Å². The third kappa shape index (κ3) is 3.55. The lowest BCUT2D eigenvalue weighted by molar-refractivity contribution is -0.127. The number of hydrogen-bond acceptors (Lipinski definition) is 3. The summed E-state index contributed by atoms with van der Waals surface area (Å²) in [6.07, 6.45) is 2.31. The van der Waals surface area contributed by atoms with E-state index in [1.165, 1.54) is 22.7 Å². The molecule has 1 aliphatic heterocycles. The Kier molecular flexibility index (Phi) is 4.85. The number of fused-ring (bicyclic) bond motifs is 1. The molecule has 0 spiro atoms. The molecule has 27 heavy (non-hydrogen) atoms. The number of nitrogens with zero attached hydrogens (tertiary/aromatic N) is 1. The van der Waals surface area contributed by atoms with E-state index in [0.29, 0.717) is 17.1 Å². The largest absolute Gasteiger partial charge is 0.361 e. The lowest BCUT2D eigenvalue weighted by Crippen LogP contribution is -2.34. The Morgan fingerprint density at radius 2 is 1.85 bits per heavy atom. The van der Waals surface area contributed by atoms with Crippen molar-refractivity contribution in [3.8, 4) is 0 Å². The number of nitrogens with one attached hydrogen (secondary N) is 2. The minimum atomic E-state index is -0.574. The SMILES string of the molecule is O=C1N[C@H](Cc2c[nH]c3ccccc23)C(=O)N1CCSc1ccccc1F. The second kappa shape index (κ2) is 7.44. The number of aromatic nitrogens is 1. The summed E-state index contributed by atoms with van der Waals surface area (Å²) in [5, 5.41) is 3.81. The maximum absolute atomic E-state index is 13.7. The van der Waals surface area contributed by atoms with Gasteiger partial charge in [-0.1, -0.05) is 30.3 Å². The van der Waals surface area contributed by atoms with Crippen molar-refractivity contribution in [2.24, 2.45) is 0 Å². The van der Waals surface area contributed by atoms with Gasteiger partial charge in [0.2, 0.25) is 0 Å².